The van der Waals surface area contributed by atoms with Crippen molar-refractivity contribution in [2.45, 2.75) is 58.9 Å². The average molecular weight is 384 g/mol. The van der Waals surface area contributed by atoms with Crippen molar-refractivity contribution in [1.29, 1.82) is 0 Å². The van der Waals surface area contributed by atoms with Gasteiger partial charge in [0.15, 0.2) is 11.5 Å². The van der Waals surface area contributed by atoms with E-state index in [2.05, 4.69) is 62.1 Å². The van der Waals surface area contributed by atoms with E-state index in [4.69, 9.17) is 9.47 Å². The van der Waals surface area contributed by atoms with E-state index in [9.17, 15) is 0 Å². The van der Waals surface area contributed by atoms with Gasteiger partial charge >= 0.3 is 0 Å². The van der Waals surface area contributed by atoms with Crippen molar-refractivity contribution in [3.05, 3.63) is 59.7 Å². The zero-order valence-electron chi connectivity index (χ0n) is 18.1. The Morgan fingerprint density at radius 3 is 2.18 bits per heavy atom. The summed E-state index contributed by atoms with van der Waals surface area (Å²) in [6.45, 7) is 9.82. The summed E-state index contributed by atoms with van der Waals surface area (Å²) in [6, 6.07) is 17.4. The first-order chi connectivity index (χ1) is 13.7. The van der Waals surface area contributed by atoms with Gasteiger partial charge in [0, 0.05) is 12.5 Å². The van der Waals surface area contributed by atoms with E-state index in [-0.39, 0.29) is 0 Å². The molecule has 2 rings (SSSR count). The van der Waals surface area contributed by atoms with Crippen LogP contribution in [0.25, 0.3) is 0 Å². The molecular weight excluding hydrogens is 346 g/mol. The Labute approximate surface area is 171 Å². The normalized spacial score (nSPS) is 12.2. The van der Waals surface area contributed by atoms with Crippen LogP contribution in [0.4, 0.5) is 0 Å². The summed E-state index contributed by atoms with van der Waals surface area (Å²) in [6.07, 6.45) is 5.51. The molecule has 0 aliphatic heterocycles. The van der Waals surface area contributed by atoms with Crippen LogP contribution in [-0.2, 0) is 12.8 Å². The summed E-state index contributed by atoms with van der Waals surface area (Å²) in [5, 5.41) is 0. The molecule has 0 aliphatic carbocycles. The molecule has 0 saturated carbocycles. The fraction of sp³-hybridized carbons (Fsp3) is 0.520. The van der Waals surface area contributed by atoms with Crippen LogP contribution in [0.3, 0.4) is 0 Å². The van der Waals surface area contributed by atoms with Crippen molar-refractivity contribution in [3.63, 3.8) is 0 Å². The molecule has 3 heteroatoms. The Hall–Kier alpha value is -2.00. The second-order valence-electron chi connectivity index (χ2n) is 7.37. The number of methoxy groups -OCH3 is 1. The number of nitrogens with zero attached hydrogens (tertiary/aromatic N) is 1. The van der Waals surface area contributed by atoms with Gasteiger partial charge in [0.25, 0.3) is 0 Å². The van der Waals surface area contributed by atoms with E-state index in [1.54, 1.807) is 7.11 Å². The number of benzene rings is 2. The standard InChI is InChI=1S/C25H37NO2/c1-5-16-26(17-6-2)23(7-3)19-22-13-14-24(27-4)25(20-22)28-18-15-21-11-9-8-10-12-21/h8-14,20,23H,5-7,15-19H2,1-4H3/t23-/m0/s1. The highest BCUT2D eigenvalue weighted by Crippen LogP contribution is 2.29. The Kier molecular flexibility index (Phi) is 9.92. The Balaban J connectivity index is 2.05. The third kappa shape index (κ3) is 6.87. The molecular formula is C25H37NO2. The molecule has 3 nitrogen and oxygen atoms in total. The van der Waals surface area contributed by atoms with Gasteiger partial charge in [-0.05, 0) is 62.0 Å². The van der Waals surface area contributed by atoms with Crippen molar-refractivity contribution in [2.75, 3.05) is 26.8 Å². The molecule has 0 radical (unpaired) electrons. The minimum absolute atomic E-state index is 0.575. The molecule has 0 bridgehead atoms. The van der Waals surface area contributed by atoms with Crippen LogP contribution in [-0.4, -0.2) is 37.7 Å². The average Bonchev–Trinajstić information content (AvgIpc) is 2.73. The van der Waals surface area contributed by atoms with Gasteiger partial charge in [0.2, 0.25) is 0 Å². The molecule has 0 unspecified atom stereocenters. The van der Waals surface area contributed by atoms with Gasteiger partial charge in [-0.25, -0.2) is 0 Å². The molecule has 0 N–H and O–H groups in total. The minimum Gasteiger partial charge on any atom is -0.493 e. The summed E-state index contributed by atoms with van der Waals surface area (Å²) in [5.41, 5.74) is 2.61. The maximum Gasteiger partial charge on any atom is 0.161 e. The largest absolute Gasteiger partial charge is 0.493 e. The van der Waals surface area contributed by atoms with Gasteiger partial charge < -0.3 is 14.4 Å². The second-order valence-corrected chi connectivity index (χ2v) is 7.37. The van der Waals surface area contributed by atoms with Gasteiger partial charge in [-0.3, -0.25) is 0 Å². The summed E-state index contributed by atoms with van der Waals surface area (Å²) in [5.74, 6) is 1.66. The molecule has 0 amide bonds. The molecule has 0 aromatic heterocycles. The zero-order valence-corrected chi connectivity index (χ0v) is 18.1. The van der Waals surface area contributed by atoms with E-state index in [0.717, 1.165) is 30.8 Å². The molecule has 2 aromatic carbocycles. The van der Waals surface area contributed by atoms with Crippen molar-refractivity contribution >= 4 is 0 Å². The first-order valence-electron chi connectivity index (χ1n) is 10.8. The first-order valence-corrected chi connectivity index (χ1v) is 10.8. The van der Waals surface area contributed by atoms with Crippen LogP contribution >= 0.6 is 0 Å². The van der Waals surface area contributed by atoms with Gasteiger partial charge in [0.05, 0.1) is 13.7 Å². The summed E-state index contributed by atoms with van der Waals surface area (Å²) >= 11 is 0. The zero-order chi connectivity index (χ0) is 20.2. The Morgan fingerprint density at radius 2 is 1.57 bits per heavy atom. The second kappa shape index (κ2) is 12.5. The number of rotatable bonds is 13. The maximum absolute atomic E-state index is 6.10. The van der Waals surface area contributed by atoms with Crippen LogP contribution in [0.1, 0.15) is 51.2 Å². The topological polar surface area (TPSA) is 21.7 Å². The fourth-order valence-corrected chi connectivity index (χ4v) is 3.74. The smallest absolute Gasteiger partial charge is 0.161 e. The van der Waals surface area contributed by atoms with E-state index in [0.29, 0.717) is 12.6 Å². The molecule has 0 aliphatic rings. The lowest BCUT2D eigenvalue weighted by Crippen LogP contribution is -2.37. The first kappa shape index (κ1) is 22.3. The van der Waals surface area contributed by atoms with Gasteiger partial charge in [-0.1, -0.05) is 57.2 Å². The molecule has 0 spiro atoms. The van der Waals surface area contributed by atoms with Crippen LogP contribution < -0.4 is 9.47 Å². The number of hydrogen-bond donors (Lipinski definition) is 0. The van der Waals surface area contributed by atoms with Gasteiger partial charge in [0.1, 0.15) is 0 Å². The third-order valence-corrected chi connectivity index (χ3v) is 5.20. The number of ether oxygens (including phenoxy) is 2. The van der Waals surface area contributed by atoms with Crippen LogP contribution in [0, 0.1) is 0 Å². The third-order valence-electron chi connectivity index (χ3n) is 5.20. The summed E-state index contributed by atoms with van der Waals surface area (Å²) < 4.78 is 11.6. The molecule has 1 atom stereocenters. The van der Waals surface area contributed by atoms with E-state index >= 15 is 0 Å². The minimum atomic E-state index is 0.575. The van der Waals surface area contributed by atoms with Crippen LogP contribution in [0.15, 0.2) is 48.5 Å². The quantitative estimate of drug-likeness (QED) is 0.439. The SMILES string of the molecule is CCCN(CCC)[C@@H](CC)Cc1ccc(OC)c(OCCc2ccccc2)c1. The highest BCUT2D eigenvalue weighted by atomic mass is 16.5. The monoisotopic (exact) mass is 383 g/mol. The lowest BCUT2D eigenvalue weighted by atomic mass is 10.0. The molecule has 28 heavy (non-hydrogen) atoms. The Morgan fingerprint density at radius 1 is 0.857 bits per heavy atom. The molecule has 0 saturated heterocycles. The van der Waals surface area contributed by atoms with Crippen molar-refractivity contribution in [1.82, 2.24) is 4.90 Å². The number of hydrogen-bond acceptors (Lipinski definition) is 3. The van der Waals surface area contributed by atoms with Crippen molar-refractivity contribution in [2.24, 2.45) is 0 Å². The van der Waals surface area contributed by atoms with E-state index in [1.165, 1.54) is 37.1 Å². The molecule has 0 fully saturated rings. The molecule has 2 aromatic rings. The lowest BCUT2D eigenvalue weighted by Gasteiger charge is -2.31. The van der Waals surface area contributed by atoms with Gasteiger partial charge in [-0.15, -0.1) is 0 Å². The van der Waals surface area contributed by atoms with Crippen molar-refractivity contribution < 1.29 is 9.47 Å². The highest BCUT2D eigenvalue weighted by molar-refractivity contribution is 5.43. The predicted octanol–water partition coefficient (Wildman–Crippen LogP) is 5.76. The highest BCUT2D eigenvalue weighted by Gasteiger charge is 2.17. The molecule has 154 valence electrons. The van der Waals surface area contributed by atoms with Crippen LogP contribution in [0.5, 0.6) is 11.5 Å². The van der Waals surface area contributed by atoms with Crippen molar-refractivity contribution in [3.8, 4) is 11.5 Å². The summed E-state index contributed by atoms with van der Waals surface area (Å²) in [4.78, 5) is 2.64. The van der Waals surface area contributed by atoms with E-state index < -0.39 is 0 Å². The fourth-order valence-electron chi connectivity index (χ4n) is 3.74. The van der Waals surface area contributed by atoms with Gasteiger partial charge in [-0.2, -0.15) is 0 Å². The molecule has 0 heterocycles. The van der Waals surface area contributed by atoms with E-state index in [1.807, 2.05) is 12.1 Å². The van der Waals surface area contributed by atoms with Crippen LogP contribution in [0.2, 0.25) is 0 Å². The Bertz CT molecular complexity index is 666. The summed E-state index contributed by atoms with van der Waals surface area (Å²) in [7, 11) is 1.71. The predicted molar refractivity (Wildman–Crippen MR) is 119 cm³/mol. The maximum atomic E-state index is 6.10. The lowest BCUT2D eigenvalue weighted by molar-refractivity contribution is 0.189.